The lowest BCUT2D eigenvalue weighted by molar-refractivity contribution is -0.384. The molecule has 2 aromatic carbocycles. The first-order valence-corrected chi connectivity index (χ1v) is 7.29. The lowest BCUT2D eigenvalue weighted by Crippen LogP contribution is -2.26. The Morgan fingerprint density at radius 2 is 1.96 bits per heavy atom. The van der Waals surface area contributed by atoms with Crippen LogP contribution in [-0.4, -0.2) is 17.4 Å². The summed E-state index contributed by atoms with van der Waals surface area (Å²) in [6, 6.07) is 12.9. The number of carbonyl (C=O) groups excluding carboxylic acids is 1. The van der Waals surface area contributed by atoms with Gasteiger partial charge in [0.15, 0.2) is 0 Å². The fraction of sp³-hybridized carbons (Fsp3) is 0.235. The van der Waals surface area contributed by atoms with Gasteiger partial charge in [-0.2, -0.15) is 0 Å². The molecule has 0 unspecified atom stereocenters. The number of nitro benzene ring substituents is 1. The van der Waals surface area contributed by atoms with Gasteiger partial charge in [-0.25, -0.2) is 0 Å². The third kappa shape index (κ3) is 4.29. The van der Waals surface area contributed by atoms with Gasteiger partial charge in [0, 0.05) is 17.7 Å². The number of rotatable bonds is 6. The number of nitro groups is 1. The molecule has 1 amide bonds. The maximum Gasteiger partial charge on any atom is 0.270 e. The molecule has 0 heterocycles. The van der Waals surface area contributed by atoms with E-state index in [0.717, 1.165) is 11.3 Å². The molecule has 0 saturated heterocycles. The minimum Gasteiger partial charge on any atom is -0.494 e. The van der Waals surface area contributed by atoms with Gasteiger partial charge in [-0.1, -0.05) is 18.2 Å². The van der Waals surface area contributed by atoms with Crippen molar-refractivity contribution in [1.82, 2.24) is 5.32 Å². The van der Waals surface area contributed by atoms with E-state index in [1.807, 2.05) is 38.1 Å². The van der Waals surface area contributed by atoms with Gasteiger partial charge in [0.2, 0.25) is 0 Å². The van der Waals surface area contributed by atoms with Crippen LogP contribution in [0.3, 0.4) is 0 Å². The number of ether oxygens (including phenoxy) is 1. The van der Waals surface area contributed by atoms with Gasteiger partial charge in [-0.05, 0) is 37.6 Å². The van der Waals surface area contributed by atoms with Gasteiger partial charge >= 0.3 is 0 Å². The average Bonchev–Trinajstić information content (AvgIpc) is 2.55. The number of non-ortho nitro benzene ring substituents is 1. The maximum atomic E-state index is 12.2. The van der Waals surface area contributed by atoms with E-state index in [-0.39, 0.29) is 23.2 Å². The van der Waals surface area contributed by atoms with E-state index in [1.165, 1.54) is 18.2 Å². The molecule has 6 nitrogen and oxygen atoms in total. The summed E-state index contributed by atoms with van der Waals surface area (Å²) in [5.41, 5.74) is 1.08. The molecule has 0 bridgehead atoms. The lowest BCUT2D eigenvalue weighted by Gasteiger charge is -2.15. The fourth-order valence-corrected chi connectivity index (χ4v) is 2.14. The largest absolute Gasteiger partial charge is 0.494 e. The highest BCUT2D eigenvalue weighted by molar-refractivity contribution is 5.95. The topological polar surface area (TPSA) is 81.5 Å². The summed E-state index contributed by atoms with van der Waals surface area (Å²) in [4.78, 5) is 22.5. The zero-order valence-corrected chi connectivity index (χ0v) is 13.0. The highest BCUT2D eigenvalue weighted by atomic mass is 16.6. The Hall–Kier alpha value is -2.89. The normalized spacial score (nSPS) is 11.6. The quantitative estimate of drug-likeness (QED) is 0.653. The van der Waals surface area contributed by atoms with Crippen LogP contribution >= 0.6 is 0 Å². The third-order valence-electron chi connectivity index (χ3n) is 3.36. The first kappa shape index (κ1) is 16.5. The molecule has 0 fully saturated rings. The number of amides is 1. The number of carbonyl (C=O) groups is 1. The molecule has 6 heteroatoms. The van der Waals surface area contributed by atoms with Crippen molar-refractivity contribution in [3.05, 3.63) is 69.8 Å². The summed E-state index contributed by atoms with van der Waals surface area (Å²) in [7, 11) is 0. The summed E-state index contributed by atoms with van der Waals surface area (Å²) in [6.45, 7) is 4.36. The van der Waals surface area contributed by atoms with Crippen molar-refractivity contribution in [3.8, 4) is 5.75 Å². The SMILES string of the molecule is CCOc1ccc([C@H](C)NC(=O)c2cccc([N+](=O)[O-])c2)cc1. The molecular weight excluding hydrogens is 296 g/mol. The number of nitrogens with one attached hydrogen (secondary N) is 1. The van der Waals surface area contributed by atoms with Crippen LogP contribution in [0.2, 0.25) is 0 Å². The van der Waals surface area contributed by atoms with Gasteiger partial charge in [0.05, 0.1) is 17.6 Å². The zero-order valence-electron chi connectivity index (χ0n) is 13.0. The van der Waals surface area contributed by atoms with Crippen molar-refractivity contribution < 1.29 is 14.5 Å². The second-order valence-corrected chi connectivity index (χ2v) is 5.00. The summed E-state index contributed by atoms with van der Waals surface area (Å²) >= 11 is 0. The van der Waals surface area contributed by atoms with Gasteiger partial charge in [-0.15, -0.1) is 0 Å². The van der Waals surface area contributed by atoms with E-state index < -0.39 is 4.92 Å². The van der Waals surface area contributed by atoms with Gasteiger partial charge in [-0.3, -0.25) is 14.9 Å². The summed E-state index contributed by atoms with van der Waals surface area (Å²) in [6.07, 6.45) is 0. The molecule has 0 radical (unpaired) electrons. The van der Waals surface area contributed by atoms with Gasteiger partial charge < -0.3 is 10.1 Å². The molecule has 2 aromatic rings. The molecule has 0 aromatic heterocycles. The molecule has 0 spiro atoms. The molecule has 0 aliphatic carbocycles. The second-order valence-electron chi connectivity index (χ2n) is 5.00. The predicted octanol–water partition coefficient (Wildman–Crippen LogP) is 3.48. The average molecular weight is 314 g/mol. The molecule has 0 aliphatic rings. The minimum absolute atomic E-state index is 0.105. The first-order chi connectivity index (χ1) is 11.0. The first-order valence-electron chi connectivity index (χ1n) is 7.29. The van der Waals surface area contributed by atoms with Crippen LogP contribution in [0, 0.1) is 10.1 Å². The van der Waals surface area contributed by atoms with Crippen molar-refractivity contribution >= 4 is 11.6 Å². The van der Waals surface area contributed by atoms with E-state index in [1.54, 1.807) is 6.07 Å². The second kappa shape index (κ2) is 7.40. The minimum atomic E-state index is -0.521. The standard InChI is InChI=1S/C17H18N2O4/c1-3-23-16-9-7-13(8-10-16)12(2)18-17(20)14-5-4-6-15(11-14)19(21)22/h4-12H,3H2,1-2H3,(H,18,20)/t12-/m0/s1. The smallest absolute Gasteiger partial charge is 0.270 e. The van der Waals surface area contributed by atoms with Crippen molar-refractivity contribution in [2.45, 2.75) is 19.9 Å². The van der Waals surface area contributed by atoms with E-state index in [0.29, 0.717) is 6.61 Å². The van der Waals surface area contributed by atoms with Crippen LogP contribution in [0.15, 0.2) is 48.5 Å². The molecule has 0 aliphatic heterocycles. The van der Waals surface area contributed by atoms with E-state index in [4.69, 9.17) is 4.74 Å². The van der Waals surface area contributed by atoms with Crippen molar-refractivity contribution in [2.75, 3.05) is 6.61 Å². The lowest BCUT2D eigenvalue weighted by atomic mass is 10.1. The monoisotopic (exact) mass is 314 g/mol. The van der Waals surface area contributed by atoms with E-state index >= 15 is 0 Å². The zero-order chi connectivity index (χ0) is 16.8. The van der Waals surface area contributed by atoms with Crippen molar-refractivity contribution in [2.24, 2.45) is 0 Å². The van der Waals surface area contributed by atoms with Crippen LogP contribution in [0.1, 0.15) is 35.8 Å². The highest BCUT2D eigenvalue weighted by Gasteiger charge is 2.14. The summed E-state index contributed by atoms with van der Waals surface area (Å²) in [5.74, 6) is 0.420. The van der Waals surface area contributed by atoms with E-state index in [2.05, 4.69) is 5.32 Å². The molecule has 0 saturated carbocycles. The molecule has 120 valence electrons. The Balaban J connectivity index is 2.07. The predicted molar refractivity (Wildman–Crippen MR) is 86.6 cm³/mol. The van der Waals surface area contributed by atoms with Crippen LogP contribution in [0.25, 0.3) is 0 Å². The van der Waals surface area contributed by atoms with E-state index in [9.17, 15) is 14.9 Å². The van der Waals surface area contributed by atoms with Crippen LogP contribution < -0.4 is 10.1 Å². The summed E-state index contributed by atoms with van der Waals surface area (Å²) < 4.78 is 5.38. The number of benzene rings is 2. The van der Waals surface area contributed by atoms with Gasteiger partial charge in [0.1, 0.15) is 5.75 Å². The van der Waals surface area contributed by atoms with Crippen molar-refractivity contribution in [1.29, 1.82) is 0 Å². The maximum absolute atomic E-state index is 12.2. The Labute approximate surface area is 134 Å². The Kier molecular flexibility index (Phi) is 5.30. The molecule has 2 rings (SSSR count). The van der Waals surface area contributed by atoms with Crippen LogP contribution in [0.4, 0.5) is 5.69 Å². The third-order valence-corrected chi connectivity index (χ3v) is 3.36. The summed E-state index contributed by atoms with van der Waals surface area (Å²) in [5, 5.41) is 13.6. The number of hydrogen-bond acceptors (Lipinski definition) is 4. The molecular formula is C17H18N2O4. The molecule has 1 atom stereocenters. The van der Waals surface area contributed by atoms with Gasteiger partial charge in [0.25, 0.3) is 11.6 Å². The molecule has 23 heavy (non-hydrogen) atoms. The number of nitrogens with zero attached hydrogens (tertiary/aromatic N) is 1. The Morgan fingerprint density at radius 1 is 1.26 bits per heavy atom. The Bertz CT molecular complexity index is 698. The van der Waals surface area contributed by atoms with Crippen LogP contribution in [-0.2, 0) is 0 Å². The highest BCUT2D eigenvalue weighted by Crippen LogP contribution is 2.19. The Morgan fingerprint density at radius 3 is 2.57 bits per heavy atom. The number of hydrogen-bond donors (Lipinski definition) is 1. The fourth-order valence-electron chi connectivity index (χ4n) is 2.14. The van der Waals surface area contributed by atoms with Crippen LogP contribution in [0.5, 0.6) is 5.75 Å². The molecule has 1 N–H and O–H groups in total. The van der Waals surface area contributed by atoms with Crippen molar-refractivity contribution in [3.63, 3.8) is 0 Å².